The molecule has 0 heterocycles. The van der Waals surface area contributed by atoms with Gasteiger partial charge in [-0.15, -0.1) is 0 Å². The van der Waals surface area contributed by atoms with Gasteiger partial charge in [0, 0.05) is 6.42 Å². The van der Waals surface area contributed by atoms with Crippen molar-refractivity contribution < 1.29 is 20.1 Å². The molecule has 0 amide bonds. The van der Waals surface area contributed by atoms with Crippen molar-refractivity contribution in [2.45, 2.75) is 18.9 Å². The van der Waals surface area contributed by atoms with Gasteiger partial charge < -0.3 is 15.3 Å². The van der Waals surface area contributed by atoms with Crippen molar-refractivity contribution in [3.63, 3.8) is 0 Å². The summed E-state index contributed by atoms with van der Waals surface area (Å²) in [5, 5.41) is 26.9. The van der Waals surface area contributed by atoms with E-state index in [1.165, 1.54) is 0 Å². The molecule has 4 heteroatoms. The first-order chi connectivity index (χ1) is 7.15. The topological polar surface area (TPSA) is 77.8 Å². The number of carboxylic acid groups (broad SMARTS) is 1. The Morgan fingerprint density at radius 3 is 2.60 bits per heavy atom. The molecule has 0 bridgehead atoms. The third-order valence-electron chi connectivity index (χ3n) is 2.20. The van der Waals surface area contributed by atoms with Crippen LogP contribution in [0.1, 0.15) is 23.7 Å². The standard InChI is InChI=1S/C11H14O4/c12-7-10(13)9-4-2-1-3-8(9)5-6-11(14)15/h1-4,10,12-13H,5-7H2,(H,14,15). The van der Waals surface area contributed by atoms with Crippen LogP contribution in [0.15, 0.2) is 24.3 Å². The highest BCUT2D eigenvalue weighted by molar-refractivity contribution is 5.67. The first-order valence-corrected chi connectivity index (χ1v) is 4.73. The van der Waals surface area contributed by atoms with Crippen LogP contribution in [0.25, 0.3) is 0 Å². The van der Waals surface area contributed by atoms with E-state index in [9.17, 15) is 9.90 Å². The van der Waals surface area contributed by atoms with Crippen LogP contribution in [-0.2, 0) is 11.2 Å². The number of carboxylic acids is 1. The van der Waals surface area contributed by atoms with Gasteiger partial charge in [-0.1, -0.05) is 24.3 Å². The third-order valence-corrected chi connectivity index (χ3v) is 2.20. The summed E-state index contributed by atoms with van der Waals surface area (Å²) in [4.78, 5) is 10.4. The Hall–Kier alpha value is -1.39. The number of hydrogen-bond donors (Lipinski definition) is 3. The van der Waals surface area contributed by atoms with E-state index in [1.54, 1.807) is 24.3 Å². The minimum Gasteiger partial charge on any atom is -0.481 e. The second-order valence-corrected chi connectivity index (χ2v) is 3.29. The van der Waals surface area contributed by atoms with Crippen molar-refractivity contribution in [2.75, 3.05) is 6.61 Å². The second-order valence-electron chi connectivity index (χ2n) is 3.29. The fraction of sp³-hybridized carbons (Fsp3) is 0.364. The van der Waals surface area contributed by atoms with Crippen molar-refractivity contribution in [3.05, 3.63) is 35.4 Å². The Bertz CT molecular complexity index is 335. The fourth-order valence-electron chi connectivity index (χ4n) is 1.43. The van der Waals surface area contributed by atoms with E-state index < -0.39 is 12.1 Å². The van der Waals surface area contributed by atoms with Crippen LogP contribution in [0.5, 0.6) is 0 Å². The summed E-state index contributed by atoms with van der Waals surface area (Å²) in [7, 11) is 0. The van der Waals surface area contributed by atoms with Crippen molar-refractivity contribution in [1.29, 1.82) is 0 Å². The molecule has 1 aromatic rings. The number of aryl methyl sites for hydroxylation is 1. The highest BCUT2D eigenvalue weighted by Crippen LogP contribution is 2.18. The molecular formula is C11H14O4. The Labute approximate surface area is 87.8 Å². The maximum Gasteiger partial charge on any atom is 0.303 e. The lowest BCUT2D eigenvalue weighted by atomic mass is 9.99. The molecule has 0 spiro atoms. The Balaban J connectivity index is 2.81. The fourth-order valence-corrected chi connectivity index (χ4v) is 1.43. The van der Waals surface area contributed by atoms with E-state index in [-0.39, 0.29) is 13.0 Å². The molecule has 0 fully saturated rings. The summed E-state index contributed by atoms with van der Waals surface area (Å²) in [6.07, 6.45) is -0.549. The minimum atomic E-state index is -0.935. The summed E-state index contributed by atoms with van der Waals surface area (Å²) < 4.78 is 0. The summed E-state index contributed by atoms with van der Waals surface area (Å²) in [6, 6.07) is 6.98. The molecular weight excluding hydrogens is 196 g/mol. The largest absolute Gasteiger partial charge is 0.481 e. The molecule has 0 radical (unpaired) electrons. The molecule has 1 rings (SSSR count). The zero-order valence-corrected chi connectivity index (χ0v) is 8.26. The monoisotopic (exact) mass is 210 g/mol. The average molecular weight is 210 g/mol. The lowest BCUT2D eigenvalue weighted by Gasteiger charge is -2.12. The van der Waals surface area contributed by atoms with Crippen LogP contribution in [0.4, 0.5) is 0 Å². The Kier molecular flexibility index (Phi) is 4.27. The molecule has 4 nitrogen and oxygen atoms in total. The van der Waals surface area contributed by atoms with E-state index in [2.05, 4.69) is 0 Å². The smallest absolute Gasteiger partial charge is 0.303 e. The van der Waals surface area contributed by atoms with Gasteiger partial charge in [0.15, 0.2) is 0 Å². The molecule has 1 atom stereocenters. The van der Waals surface area contributed by atoms with E-state index in [0.29, 0.717) is 12.0 Å². The van der Waals surface area contributed by atoms with Crippen molar-refractivity contribution in [2.24, 2.45) is 0 Å². The Morgan fingerprint density at radius 2 is 2.00 bits per heavy atom. The molecule has 0 aliphatic carbocycles. The van der Waals surface area contributed by atoms with Crippen LogP contribution in [0.3, 0.4) is 0 Å². The molecule has 0 aliphatic heterocycles. The SMILES string of the molecule is O=C(O)CCc1ccccc1C(O)CO. The quantitative estimate of drug-likeness (QED) is 0.669. The lowest BCUT2D eigenvalue weighted by Crippen LogP contribution is -2.07. The highest BCUT2D eigenvalue weighted by Gasteiger charge is 2.11. The van der Waals surface area contributed by atoms with Gasteiger partial charge in [0.2, 0.25) is 0 Å². The third kappa shape index (κ3) is 3.34. The number of rotatable bonds is 5. The number of carbonyl (C=O) groups is 1. The van der Waals surface area contributed by atoms with Crippen LogP contribution < -0.4 is 0 Å². The van der Waals surface area contributed by atoms with E-state index >= 15 is 0 Å². The number of benzene rings is 1. The maximum absolute atomic E-state index is 10.4. The molecule has 1 aromatic carbocycles. The van der Waals surface area contributed by atoms with Gasteiger partial charge in [-0.3, -0.25) is 4.79 Å². The summed E-state index contributed by atoms with van der Waals surface area (Å²) in [5.41, 5.74) is 1.36. The number of aliphatic carboxylic acids is 1. The Morgan fingerprint density at radius 1 is 1.33 bits per heavy atom. The van der Waals surface area contributed by atoms with Crippen LogP contribution in [0.2, 0.25) is 0 Å². The van der Waals surface area contributed by atoms with Gasteiger partial charge >= 0.3 is 5.97 Å². The first kappa shape index (κ1) is 11.7. The highest BCUT2D eigenvalue weighted by atomic mass is 16.4. The predicted molar refractivity (Wildman–Crippen MR) is 54.4 cm³/mol. The number of aliphatic hydroxyl groups is 2. The van der Waals surface area contributed by atoms with Gasteiger partial charge in [0.05, 0.1) is 6.61 Å². The van der Waals surface area contributed by atoms with E-state index in [0.717, 1.165) is 5.56 Å². The average Bonchev–Trinajstić information content (AvgIpc) is 2.25. The number of hydrogen-bond acceptors (Lipinski definition) is 3. The molecule has 1 unspecified atom stereocenters. The second kappa shape index (κ2) is 5.48. The molecule has 0 saturated heterocycles. The maximum atomic E-state index is 10.4. The van der Waals surface area contributed by atoms with Crippen molar-refractivity contribution in [3.8, 4) is 0 Å². The first-order valence-electron chi connectivity index (χ1n) is 4.73. The summed E-state index contributed by atoms with van der Waals surface area (Å²) in [5.74, 6) is -0.872. The van der Waals surface area contributed by atoms with Gasteiger partial charge in [0.1, 0.15) is 6.10 Å². The van der Waals surface area contributed by atoms with Crippen molar-refractivity contribution in [1.82, 2.24) is 0 Å². The van der Waals surface area contributed by atoms with Crippen LogP contribution >= 0.6 is 0 Å². The summed E-state index contributed by atoms with van der Waals surface area (Å²) >= 11 is 0. The van der Waals surface area contributed by atoms with Crippen molar-refractivity contribution >= 4 is 5.97 Å². The van der Waals surface area contributed by atoms with Crippen LogP contribution in [-0.4, -0.2) is 27.9 Å². The molecule has 3 N–H and O–H groups in total. The molecule has 15 heavy (non-hydrogen) atoms. The molecule has 0 aliphatic rings. The van der Waals surface area contributed by atoms with Gasteiger partial charge in [-0.05, 0) is 17.5 Å². The summed E-state index contributed by atoms with van der Waals surface area (Å²) in [6.45, 7) is -0.357. The van der Waals surface area contributed by atoms with Gasteiger partial charge in [0.25, 0.3) is 0 Å². The molecule has 0 saturated carbocycles. The zero-order chi connectivity index (χ0) is 11.3. The predicted octanol–water partition coefficient (Wildman–Crippen LogP) is 0.730. The lowest BCUT2D eigenvalue weighted by molar-refractivity contribution is -0.136. The van der Waals surface area contributed by atoms with E-state index in [4.69, 9.17) is 10.2 Å². The van der Waals surface area contributed by atoms with E-state index in [1.807, 2.05) is 0 Å². The van der Waals surface area contributed by atoms with Crippen LogP contribution in [0, 0.1) is 0 Å². The zero-order valence-electron chi connectivity index (χ0n) is 8.26. The molecule has 82 valence electrons. The van der Waals surface area contributed by atoms with Gasteiger partial charge in [-0.2, -0.15) is 0 Å². The number of aliphatic hydroxyl groups excluding tert-OH is 2. The molecule has 0 aromatic heterocycles. The van der Waals surface area contributed by atoms with Gasteiger partial charge in [-0.25, -0.2) is 0 Å². The minimum absolute atomic E-state index is 0.0230. The normalized spacial score (nSPS) is 12.4.